The molecule has 1 aliphatic rings. The van der Waals surface area contributed by atoms with E-state index in [0.717, 1.165) is 37.3 Å². The van der Waals surface area contributed by atoms with Crippen molar-refractivity contribution in [1.82, 2.24) is 20.1 Å². The minimum absolute atomic E-state index is 0.187. The highest BCUT2D eigenvalue weighted by Gasteiger charge is 2.21. The molecule has 0 radical (unpaired) electrons. The molecule has 1 fully saturated rings. The van der Waals surface area contributed by atoms with Gasteiger partial charge in [0.2, 0.25) is 5.91 Å². The van der Waals surface area contributed by atoms with E-state index in [-0.39, 0.29) is 5.91 Å². The molecular formula is C16H20N4O. The van der Waals surface area contributed by atoms with Gasteiger partial charge in [-0.15, -0.1) is 0 Å². The number of piperidine rings is 1. The highest BCUT2D eigenvalue weighted by atomic mass is 16.2. The number of hydrogen-bond acceptors (Lipinski definition) is 3. The monoisotopic (exact) mass is 284 g/mol. The molecule has 1 aliphatic heterocycles. The molecule has 2 aromatic rings. The van der Waals surface area contributed by atoms with Crippen LogP contribution in [0.5, 0.6) is 0 Å². The lowest BCUT2D eigenvalue weighted by atomic mass is 9.92. The van der Waals surface area contributed by atoms with E-state index >= 15 is 0 Å². The zero-order valence-corrected chi connectivity index (χ0v) is 12.2. The predicted octanol–water partition coefficient (Wildman–Crippen LogP) is 2.27. The molecule has 0 aliphatic carbocycles. The van der Waals surface area contributed by atoms with Crippen LogP contribution in [0.4, 0.5) is 0 Å². The van der Waals surface area contributed by atoms with E-state index in [0.29, 0.717) is 5.92 Å². The first-order chi connectivity index (χ1) is 10.2. The second-order valence-electron chi connectivity index (χ2n) is 5.70. The van der Waals surface area contributed by atoms with Gasteiger partial charge in [-0.3, -0.25) is 14.9 Å². The molecule has 0 aromatic carbocycles. The Kier molecular flexibility index (Phi) is 3.99. The van der Waals surface area contributed by atoms with Gasteiger partial charge in [-0.25, -0.2) is 0 Å². The summed E-state index contributed by atoms with van der Waals surface area (Å²) in [4.78, 5) is 17.9. The van der Waals surface area contributed by atoms with Gasteiger partial charge in [0.1, 0.15) is 0 Å². The second kappa shape index (κ2) is 6.08. The maximum atomic E-state index is 11.5. The average molecular weight is 284 g/mol. The number of carbonyl (C=O) groups is 1. The number of H-pyrrole nitrogens is 1. The Morgan fingerprint density at radius 3 is 3.00 bits per heavy atom. The Balaban J connectivity index is 1.64. The SMILES string of the molecule is CC(=O)N1CCCC(Cc2ccc(-c3ccn[nH]3)nc2)C1. The van der Waals surface area contributed by atoms with Crippen LogP contribution in [0.1, 0.15) is 25.3 Å². The summed E-state index contributed by atoms with van der Waals surface area (Å²) in [6.45, 7) is 3.43. The van der Waals surface area contributed by atoms with Crippen molar-refractivity contribution in [2.75, 3.05) is 13.1 Å². The van der Waals surface area contributed by atoms with Gasteiger partial charge in [0.15, 0.2) is 0 Å². The summed E-state index contributed by atoms with van der Waals surface area (Å²) in [7, 11) is 0. The van der Waals surface area contributed by atoms with Crippen LogP contribution in [0.2, 0.25) is 0 Å². The van der Waals surface area contributed by atoms with Crippen molar-refractivity contribution < 1.29 is 4.79 Å². The third-order valence-corrected chi connectivity index (χ3v) is 4.09. The Morgan fingerprint density at radius 2 is 2.33 bits per heavy atom. The number of rotatable bonds is 3. The van der Waals surface area contributed by atoms with Crippen molar-refractivity contribution in [3.8, 4) is 11.4 Å². The molecule has 3 rings (SSSR count). The lowest BCUT2D eigenvalue weighted by molar-refractivity contribution is -0.130. The Hall–Kier alpha value is -2.17. The summed E-state index contributed by atoms with van der Waals surface area (Å²) in [5.74, 6) is 0.731. The molecule has 2 aromatic heterocycles. The molecular weight excluding hydrogens is 264 g/mol. The molecule has 1 atom stereocenters. The summed E-state index contributed by atoms with van der Waals surface area (Å²) in [6.07, 6.45) is 6.93. The lowest BCUT2D eigenvalue weighted by Gasteiger charge is -2.32. The molecule has 0 spiro atoms. The van der Waals surface area contributed by atoms with Crippen LogP contribution in [-0.4, -0.2) is 39.1 Å². The molecule has 1 saturated heterocycles. The first kappa shape index (κ1) is 13.8. The van der Waals surface area contributed by atoms with E-state index in [1.54, 1.807) is 13.1 Å². The maximum Gasteiger partial charge on any atom is 0.219 e. The highest BCUT2D eigenvalue weighted by Crippen LogP contribution is 2.21. The molecule has 0 bridgehead atoms. The molecule has 1 amide bonds. The average Bonchev–Trinajstić information content (AvgIpc) is 3.02. The molecule has 21 heavy (non-hydrogen) atoms. The van der Waals surface area contributed by atoms with E-state index in [1.807, 2.05) is 23.2 Å². The Morgan fingerprint density at radius 1 is 1.43 bits per heavy atom. The number of carbonyl (C=O) groups excluding carboxylic acids is 1. The van der Waals surface area contributed by atoms with Gasteiger partial charge in [-0.1, -0.05) is 6.07 Å². The molecule has 5 heteroatoms. The summed E-state index contributed by atoms with van der Waals surface area (Å²) < 4.78 is 0. The molecule has 1 N–H and O–H groups in total. The van der Waals surface area contributed by atoms with E-state index in [2.05, 4.69) is 21.2 Å². The maximum absolute atomic E-state index is 11.5. The van der Waals surface area contributed by atoms with Gasteiger partial charge in [0, 0.05) is 32.4 Å². The Labute approximate surface area is 124 Å². The first-order valence-corrected chi connectivity index (χ1v) is 7.42. The minimum atomic E-state index is 0.187. The summed E-state index contributed by atoms with van der Waals surface area (Å²) in [5.41, 5.74) is 3.07. The topological polar surface area (TPSA) is 61.9 Å². The summed E-state index contributed by atoms with van der Waals surface area (Å²) in [6, 6.07) is 6.05. The van der Waals surface area contributed by atoms with Gasteiger partial charge in [-0.05, 0) is 42.9 Å². The fourth-order valence-corrected chi connectivity index (χ4v) is 2.95. The van der Waals surface area contributed by atoms with Gasteiger partial charge < -0.3 is 4.90 Å². The van der Waals surface area contributed by atoms with Crippen LogP contribution in [0, 0.1) is 5.92 Å². The van der Waals surface area contributed by atoms with Crippen molar-refractivity contribution in [3.63, 3.8) is 0 Å². The van der Waals surface area contributed by atoms with Gasteiger partial charge in [0.25, 0.3) is 0 Å². The van der Waals surface area contributed by atoms with Crippen molar-refractivity contribution in [3.05, 3.63) is 36.2 Å². The van der Waals surface area contributed by atoms with Crippen molar-refractivity contribution in [1.29, 1.82) is 0 Å². The van der Waals surface area contributed by atoms with Crippen molar-refractivity contribution in [2.24, 2.45) is 5.92 Å². The fraction of sp³-hybridized carbons (Fsp3) is 0.438. The number of nitrogens with zero attached hydrogens (tertiary/aromatic N) is 3. The van der Waals surface area contributed by atoms with E-state index in [1.165, 1.54) is 12.0 Å². The third-order valence-electron chi connectivity index (χ3n) is 4.09. The van der Waals surface area contributed by atoms with E-state index in [9.17, 15) is 4.79 Å². The number of nitrogens with one attached hydrogen (secondary N) is 1. The first-order valence-electron chi connectivity index (χ1n) is 7.42. The van der Waals surface area contributed by atoms with Crippen LogP contribution < -0.4 is 0 Å². The van der Waals surface area contributed by atoms with Crippen LogP contribution in [0.3, 0.4) is 0 Å². The van der Waals surface area contributed by atoms with Crippen molar-refractivity contribution >= 4 is 5.91 Å². The number of likely N-dealkylation sites (tertiary alicyclic amines) is 1. The van der Waals surface area contributed by atoms with Gasteiger partial charge >= 0.3 is 0 Å². The van der Waals surface area contributed by atoms with Crippen LogP contribution in [0.15, 0.2) is 30.6 Å². The Bertz CT molecular complexity index is 591. The van der Waals surface area contributed by atoms with Gasteiger partial charge in [-0.2, -0.15) is 5.10 Å². The number of aromatic amines is 1. The summed E-state index contributed by atoms with van der Waals surface area (Å²) >= 11 is 0. The fourth-order valence-electron chi connectivity index (χ4n) is 2.95. The number of aromatic nitrogens is 3. The number of pyridine rings is 1. The molecule has 110 valence electrons. The molecule has 3 heterocycles. The largest absolute Gasteiger partial charge is 0.343 e. The van der Waals surface area contributed by atoms with Crippen LogP contribution in [-0.2, 0) is 11.2 Å². The van der Waals surface area contributed by atoms with Crippen molar-refractivity contribution in [2.45, 2.75) is 26.2 Å². The molecule has 5 nitrogen and oxygen atoms in total. The quantitative estimate of drug-likeness (QED) is 0.940. The van der Waals surface area contributed by atoms with Crippen LogP contribution in [0.25, 0.3) is 11.4 Å². The van der Waals surface area contributed by atoms with Crippen LogP contribution >= 0.6 is 0 Å². The highest BCUT2D eigenvalue weighted by molar-refractivity contribution is 5.73. The lowest BCUT2D eigenvalue weighted by Crippen LogP contribution is -2.39. The standard InChI is InChI=1S/C16H20N4O/c1-12(21)20-8-2-3-14(11-20)9-13-4-5-15(17-10-13)16-6-7-18-19-16/h4-7,10,14H,2-3,8-9,11H2,1H3,(H,18,19). The molecule has 0 saturated carbocycles. The van der Waals surface area contributed by atoms with E-state index < -0.39 is 0 Å². The zero-order valence-electron chi connectivity index (χ0n) is 12.2. The normalized spacial score (nSPS) is 18.7. The third kappa shape index (κ3) is 3.29. The zero-order chi connectivity index (χ0) is 14.7. The van der Waals surface area contributed by atoms with Gasteiger partial charge in [0.05, 0.1) is 11.4 Å². The minimum Gasteiger partial charge on any atom is -0.343 e. The predicted molar refractivity (Wildman–Crippen MR) is 80.5 cm³/mol. The smallest absolute Gasteiger partial charge is 0.219 e. The summed E-state index contributed by atoms with van der Waals surface area (Å²) in [5, 5.41) is 6.85. The van der Waals surface area contributed by atoms with E-state index in [4.69, 9.17) is 0 Å². The molecule has 1 unspecified atom stereocenters. The number of amides is 1. The second-order valence-corrected chi connectivity index (χ2v) is 5.70. The number of hydrogen-bond donors (Lipinski definition) is 1.